The van der Waals surface area contributed by atoms with E-state index in [1.54, 1.807) is 0 Å². The zero-order chi connectivity index (χ0) is 16.2. The van der Waals surface area contributed by atoms with Crippen molar-refractivity contribution in [2.45, 2.75) is 4.90 Å². The number of hydrogen-bond acceptors (Lipinski definition) is 7. The van der Waals surface area contributed by atoms with Gasteiger partial charge in [0.05, 0.1) is 39.4 Å². The molecule has 0 spiro atoms. The highest BCUT2D eigenvalue weighted by Crippen LogP contribution is 2.40. The first-order valence-electron chi connectivity index (χ1n) is 6.09. The number of methoxy groups -OCH3 is 3. The van der Waals surface area contributed by atoms with Crippen LogP contribution in [0.1, 0.15) is 0 Å². The van der Waals surface area contributed by atoms with Crippen LogP contribution in [0.15, 0.2) is 35.7 Å². The van der Waals surface area contributed by atoms with Crippen molar-refractivity contribution in [3.05, 3.63) is 30.9 Å². The van der Waals surface area contributed by atoms with Crippen LogP contribution in [-0.2, 0) is 10.0 Å². The molecular formula is C13H15N3O5S. The number of rotatable bonds is 6. The van der Waals surface area contributed by atoms with Crippen LogP contribution in [0, 0.1) is 0 Å². The summed E-state index contributed by atoms with van der Waals surface area (Å²) in [5.74, 6) is 1.05. The SMILES string of the molecule is COc1cc(NS(=O)(=O)c2cncnc2)cc(OC)c1OC. The Morgan fingerprint density at radius 2 is 1.50 bits per heavy atom. The molecule has 9 heteroatoms. The molecule has 0 bridgehead atoms. The number of hydrogen-bond donors (Lipinski definition) is 1. The Hall–Kier alpha value is -2.55. The summed E-state index contributed by atoms with van der Waals surface area (Å²) >= 11 is 0. The van der Waals surface area contributed by atoms with E-state index in [1.807, 2.05) is 0 Å². The zero-order valence-corrected chi connectivity index (χ0v) is 13.0. The van der Waals surface area contributed by atoms with Gasteiger partial charge in [-0.3, -0.25) is 4.72 Å². The maximum Gasteiger partial charge on any atom is 0.264 e. The molecule has 0 aliphatic heterocycles. The molecule has 1 heterocycles. The topological polar surface area (TPSA) is 99.6 Å². The van der Waals surface area contributed by atoms with Crippen molar-refractivity contribution in [3.63, 3.8) is 0 Å². The van der Waals surface area contributed by atoms with Gasteiger partial charge in [-0.15, -0.1) is 0 Å². The normalized spacial score (nSPS) is 10.9. The second kappa shape index (κ2) is 6.48. The minimum Gasteiger partial charge on any atom is -0.493 e. The number of anilines is 1. The molecule has 1 aromatic heterocycles. The summed E-state index contributed by atoms with van der Waals surface area (Å²) in [6, 6.07) is 2.98. The third-order valence-electron chi connectivity index (χ3n) is 2.76. The number of ether oxygens (including phenoxy) is 3. The van der Waals surface area contributed by atoms with E-state index in [1.165, 1.54) is 52.2 Å². The van der Waals surface area contributed by atoms with Crippen molar-refractivity contribution in [2.24, 2.45) is 0 Å². The molecule has 0 unspecified atom stereocenters. The van der Waals surface area contributed by atoms with Crippen molar-refractivity contribution in [1.82, 2.24) is 9.97 Å². The summed E-state index contributed by atoms with van der Waals surface area (Å²) in [6.07, 6.45) is 3.65. The molecule has 2 rings (SSSR count). The molecule has 0 aliphatic rings. The smallest absolute Gasteiger partial charge is 0.264 e. The van der Waals surface area contributed by atoms with Crippen LogP contribution in [0.25, 0.3) is 0 Å². The van der Waals surface area contributed by atoms with E-state index >= 15 is 0 Å². The maximum atomic E-state index is 12.3. The number of aromatic nitrogens is 2. The van der Waals surface area contributed by atoms with Crippen molar-refractivity contribution in [3.8, 4) is 17.2 Å². The second-order valence-corrected chi connectivity index (χ2v) is 5.78. The fourth-order valence-electron chi connectivity index (χ4n) is 1.78. The van der Waals surface area contributed by atoms with E-state index in [0.29, 0.717) is 17.2 Å². The van der Waals surface area contributed by atoms with Crippen molar-refractivity contribution >= 4 is 15.7 Å². The predicted octanol–water partition coefficient (Wildman–Crippen LogP) is 1.30. The monoisotopic (exact) mass is 325 g/mol. The van der Waals surface area contributed by atoms with Gasteiger partial charge in [-0.1, -0.05) is 0 Å². The molecule has 2 aromatic rings. The second-order valence-electron chi connectivity index (χ2n) is 4.09. The van der Waals surface area contributed by atoms with E-state index in [4.69, 9.17) is 14.2 Å². The molecule has 1 aromatic carbocycles. The van der Waals surface area contributed by atoms with E-state index in [0.717, 1.165) is 0 Å². The molecule has 8 nitrogen and oxygen atoms in total. The quantitative estimate of drug-likeness (QED) is 0.854. The predicted molar refractivity (Wildman–Crippen MR) is 78.9 cm³/mol. The first-order chi connectivity index (χ1) is 10.5. The van der Waals surface area contributed by atoms with Crippen LogP contribution >= 0.6 is 0 Å². The van der Waals surface area contributed by atoms with Crippen LogP contribution in [0.4, 0.5) is 5.69 Å². The van der Waals surface area contributed by atoms with Gasteiger partial charge in [0.15, 0.2) is 11.5 Å². The van der Waals surface area contributed by atoms with Crippen LogP contribution in [-0.4, -0.2) is 39.7 Å². The molecule has 0 atom stereocenters. The van der Waals surface area contributed by atoms with Gasteiger partial charge < -0.3 is 14.2 Å². The average Bonchev–Trinajstić information content (AvgIpc) is 2.54. The van der Waals surface area contributed by atoms with E-state index < -0.39 is 10.0 Å². The van der Waals surface area contributed by atoms with Gasteiger partial charge in [-0.25, -0.2) is 18.4 Å². The van der Waals surface area contributed by atoms with Crippen LogP contribution in [0.2, 0.25) is 0 Å². The Morgan fingerprint density at radius 3 is 1.95 bits per heavy atom. The fourth-order valence-corrected chi connectivity index (χ4v) is 2.72. The Labute approximate surface area is 128 Å². The number of nitrogens with one attached hydrogen (secondary N) is 1. The Kier molecular flexibility index (Phi) is 4.66. The average molecular weight is 325 g/mol. The lowest BCUT2D eigenvalue weighted by Crippen LogP contribution is -2.13. The van der Waals surface area contributed by atoms with Gasteiger partial charge in [0.2, 0.25) is 5.75 Å². The standard InChI is InChI=1S/C13H15N3O5S/c1-19-11-4-9(5-12(20-2)13(11)21-3)16-22(17,18)10-6-14-8-15-7-10/h4-8,16H,1-3H3. The lowest BCUT2D eigenvalue weighted by atomic mass is 10.2. The molecule has 0 aliphatic carbocycles. The molecule has 22 heavy (non-hydrogen) atoms. The zero-order valence-electron chi connectivity index (χ0n) is 12.2. The fraction of sp³-hybridized carbons (Fsp3) is 0.231. The third-order valence-corrected chi connectivity index (χ3v) is 4.10. The van der Waals surface area contributed by atoms with Crippen molar-refractivity contribution in [1.29, 1.82) is 0 Å². The number of benzene rings is 1. The highest BCUT2D eigenvalue weighted by atomic mass is 32.2. The third kappa shape index (κ3) is 3.19. The molecule has 0 radical (unpaired) electrons. The molecular weight excluding hydrogens is 310 g/mol. The van der Waals surface area contributed by atoms with Crippen LogP contribution in [0.5, 0.6) is 17.2 Å². The summed E-state index contributed by atoms with van der Waals surface area (Å²) in [4.78, 5) is 7.32. The number of nitrogens with zero attached hydrogens (tertiary/aromatic N) is 2. The van der Waals surface area contributed by atoms with Crippen LogP contribution < -0.4 is 18.9 Å². The number of sulfonamides is 1. The van der Waals surface area contributed by atoms with Gasteiger partial charge in [-0.2, -0.15) is 0 Å². The minimum atomic E-state index is -3.81. The van der Waals surface area contributed by atoms with Crippen LogP contribution in [0.3, 0.4) is 0 Å². The molecule has 1 N–H and O–H groups in total. The van der Waals surface area contributed by atoms with Gasteiger partial charge in [0.25, 0.3) is 10.0 Å². The van der Waals surface area contributed by atoms with Gasteiger partial charge in [0.1, 0.15) is 11.2 Å². The van der Waals surface area contributed by atoms with Gasteiger partial charge >= 0.3 is 0 Å². The van der Waals surface area contributed by atoms with E-state index in [9.17, 15) is 8.42 Å². The Morgan fingerprint density at radius 1 is 0.955 bits per heavy atom. The summed E-state index contributed by atoms with van der Waals surface area (Å²) in [5, 5.41) is 0. The lowest BCUT2D eigenvalue weighted by Gasteiger charge is -2.15. The van der Waals surface area contributed by atoms with Crippen molar-refractivity contribution < 1.29 is 22.6 Å². The van der Waals surface area contributed by atoms with E-state index in [2.05, 4.69) is 14.7 Å². The maximum absolute atomic E-state index is 12.3. The summed E-state index contributed by atoms with van der Waals surface area (Å²) in [5.41, 5.74) is 0.262. The first kappa shape index (κ1) is 15.8. The van der Waals surface area contributed by atoms with Gasteiger partial charge in [0, 0.05) is 12.1 Å². The highest BCUT2D eigenvalue weighted by molar-refractivity contribution is 7.92. The molecule has 0 amide bonds. The van der Waals surface area contributed by atoms with E-state index in [-0.39, 0.29) is 10.6 Å². The summed E-state index contributed by atoms with van der Waals surface area (Å²) in [7, 11) is 0.544. The summed E-state index contributed by atoms with van der Waals surface area (Å²) < 4.78 is 42.4. The minimum absolute atomic E-state index is 0.0521. The van der Waals surface area contributed by atoms with Gasteiger partial charge in [-0.05, 0) is 0 Å². The highest BCUT2D eigenvalue weighted by Gasteiger charge is 2.18. The first-order valence-corrected chi connectivity index (χ1v) is 7.58. The van der Waals surface area contributed by atoms with Crippen molar-refractivity contribution in [2.75, 3.05) is 26.1 Å². The Bertz CT molecular complexity index is 725. The largest absolute Gasteiger partial charge is 0.493 e. The summed E-state index contributed by atoms with van der Waals surface area (Å²) in [6.45, 7) is 0. The molecule has 0 saturated heterocycles. The molecule has 118 valence electrons. The lowest BCUT2D eigenvalue weighted by molar-refractivity contribution is 0.325. The molecule has 0 saturated carbocycles. The Balaban J connectivity index is 2.42. The molecule has 0 fully saturated rings.